The molecule has 1 aliphatic rings. The van der Waals surface area contributed by atoms with Crippen LogP contribution < -0.4 is 56.8 Å². The van der Waals surface area contributed by atoms with E-state index in [1.807, 2.05) is 0 Å². The Morgan fingerprint density at radius 1 is 0.189 bits per heavy atom. The monoisotopic (exact) mass is 2400 g/mol. The van der Waals surface area contributed by atoms with E-state index in [1.165, 1.54) is 0 Å². The van der Waals surface area contributed by atoms with Crippen molar-refractivity contribution in [3.05, 3.63) is 205 Å². The number of hydrogen-bond donors (Lipinski definition) is 12. The largest absolute Gasteiger partial charge is 0.479 e. The molecule has 9 rings (SSSR count). The van der Waals surface area contributed by atoms with Crippen LogP contribution in [0.15, 0.2) is 115 Å². The minimum absolute atomic E-state index is 0. The zero-order valence-corrected chi connectivity index (χ0v) is 116. The van der Waals surface area contributed by atoms with Crippen molar-refractivity contribution >= 4 is 752 Å². The van der Waals surface area contributed by atoms with E-state index < -0.39 is 352 Å². The van der Waals surface area contributed by atoms with Gasteiger partial charge in [0, 0.05) is 703 Å². The number of hydrogen-bond acceptors (Lipinski definition) is 24. The Hall–Kier alpha value is 6.28. The number of carbonyl (C=O) groups is 12. The molecule has 0 aliphatic heterocycles. The van der Waals surface area contributed by atoms with Gasteiger partial charge in [0.2, 0.25) is 23.0 Å². The number of halogens is 8. The van der Waals surface area contributed by atoms with E-state index in [4.69, 9.17) is 56.8 Å². The van der Waals surface area contributed by atoms with Crippen LogP contribution in [0.5, 0.6) is 69.0 Å². The molecule has 8 aromatic carbocycles. The van der Waals surface area contributed by atoms with Crippen LogP contribution in [0, 0.1) is 23.3 Å². The van der Waals surface area contributed by atoms with Crippen molar-refractivity contribution in [3.8, 4) is 69.0 Å². The Labute approximate surface area is 1290 Å². The maximum atomic E-state index is 16.2. The fourth-order valence-corrected chi connectivity index (χ4v) is 15.9. The van der Waals surface area contributed by atoms with Gasteiger partial charge in [-0.25, -0.2) is 75.1 Å². The average molecular weight is 2410 g/mol. The Morgan fingerprint density at radius 3 is 0.371 bits per heavy atom. The summed E-state index contributed by atoms with van der Waals surface area (Å²) < 4.78 is 135. The molecule has 0 atom stereocenters. The Bertz CT molecular complexity index is 4610. The van der Waals surface area contributed by atoms with Gasteiger partial charge in [-0.05, 0) is 135 Å². The smallest absolute Gasteiger partial charge is 0.341 e. The van der Waals surface area contributed by atoms with Crippen molar-refractivity contribution in [3.63, 3.8) is 0 Å². The van der Waals surface area contributed by atoms with E-state index in [-0.39, 0.29) is 617 Å². The third kappa shape index (κ3) is 39.8. The van der Waals surface area contributed by atoms with Gasteiger partial charge in [-0.2, -0.15) is 0 Å². The number of ether oxygens (including phenoxy) is 12. The first-order chi connectivity index (χ1) is 56.8. The van der Waals surface area contributed by atoms with Gasteiger partial charge in [0.1, 0.15) is 23.3 Å². The predicted octanol–water partition coefficient (Wildman–Crippen LogP) is 5.32. The number of rotatable bonds is 40. The van der Waals surface area contributed by atoms with Crippen LogP contribution in [0.4, 0.5) is 17.6 Å². The third-order valence-electron chi connectivity index (χ3n) is 16.7. The SMILES string of the molecule is O=C(O)COc1c(OCC(=O)O)c2c(Br)c(c1OCC(=O)O)C(c1ccc(F)cc1)c1c(Br)c(c(OCC(=O)O)c(OCC(=O)O)c1OCC(=O)O)C(c1ccc(F)cc1)c1c(Br)c(c(OCC(=O)O)c(OCC(=O)O)c1OCC(=O)O)C(c1ccc(F)cc1)c1c(Br)c(c(OCC(=O)O)c(OCC(=O)O)c1OCC(=O)O)C2c1ccc(F)cc1.[K].[K].[K].[K].[K].[K].[K].[K].[K].[K].[K].[K]. The van der Waals surface area contributed by atoms with Gasteiger partial charge >= 0.3 is 71.6 Å². The number of benzene rings is 8. The summed E-state index contributed by atoms with van der Waals surface area (Å²) in [7, 11) is 0. The molecule has 12 radical (unpaired) electrons. The fraction of sp³-hybridized carbons (Fsp3) is 0.211. The van der Waals surface area contributed by atoms with Gasteiger partial charge in [0.05, 0.1) is 0 Å². The molecule has 644 valence electrons. The summed E-state index contributed by atoms with van der Waals surface area (Å²) in [4.78, 5) is 160. The van der Waals surface area contributed by atoms with Gasteiger partial charge < -0.3 is 118 Å². The van der Waals surface area contributed by atoms with E-state index in [1.54, 1.807) is 0 Å². The van der Waals surface area contributed by atoms with Crippen molar-refractivity contribution in [2.24, 2.45) is 0 Å². The van der Waals surface area contributed by atoms with Crippen molar-refractivity contribution in [1.82, 2.24) is 0 Å². The first kappa shape index (κ1) is 145. The van der Waals surface area contributed by atoms with Crippen LogP contribution in [-0.4, -0.2) is 829 Å². The van der Waals surface area contributed by atoms with E-state index in [0.717, 1.165) is 97.1 Å². The summed E-state index contributed by atoms with van der Waals surface area (Å²) in [5.41, 5.74) is -9.20. The molecule has 0 fully saturated rings. The van der Waals surface area contributed by atoms with Gasteiger partial charge in [-0.1, -0.05) is 48.5 Å². The summed E-state index contributed by atoms with van der Waals surface area (Å²) in [6.45, 7) is -19.9. The van der Waals surface area contributed by atoms with E-state index in [9.17, 15) is 119 Å². The molecule has 0 saturated carbocycles. The second kappa shape index (κ2) is 70.4. The zero-order chi connectivity index (χ0) is 88.0. The van der Waals surface area contributed by atoms with Crippen LogP contribution in [0.25, 0.3) is 0 Å². The third-order valence-corrected chi connectivity index (χ3v) is 20.1. The average Bonchev–Trinajstić information content (AvgIpc) is 0.700. The van der Waals surface area contributed by atoms with E-state index >= 15 is 17.6 Å². The topological polar surface area (TPSA) is 558 Å². The fourth-order valence-electron chi connectivity index (χ4n) is 12.6. The van der Waals surface area contributed by atoms with Crippen LogP contribution in [0.3, 0.4) is 0 Å². The molecule has 0 unspecified atom stereocenters. The molecule has 36 nitrogen and oxygen atoms in total. The Kier molecular flexibility index (Phi) is 77.1. The Morgan fingerprint density at radius 2 is 0.280 bits per heavy atom. The molecule has 8 bridgehead atoms. The molecular formula is C76H56Br4F4K12O36. The van der Waals surface area contributed by atoms with Crippen molar-refractivity contribution < 1.29 is 193 Å². The maximum absolute atomic E-state index is 16.2. The van der Waals surface area contributed by atoms with Crippen LogP contribution in [0.2, 0.25) is 0 Å². The Balaban J connectivity index is -0.00000683. The van der Waals surface area contributed by atoms with Gasteiger partial charge in [0.15, 0.2) is 125 Å². The summed E-state index contributed by atoms with van der Waals surface area (Å²) in [6.07, 6.45) is 0. The van der Waals surface area contributed by atoms with Crippen molar-refractivity contribution in [1.29, 1.82) is 0 Å². The van der Waals surface area contributed by atoms with Crippen LogP contribution >= 0.6 is 63.7 Å². The molecule has 0 amide bonds. The van der Waals surface area contributed by atoms with E-state index in [0.29, 0.717) is 0 Å². The number of fused-ring (bicyclic) bond motifs is 8. The molecule has 132 heavy (non-hydrogen) atoms. The molecule has 12 N–H and O–H groups in total. The van der Waals surface area contributed by atoms with Crippen molar-refractivity contribution in [2.75, 3.05) is 79.3 Å². The second-order valence-electron chi connectivity index (χ2n) is 24.6. The van der Waals surface area contributed by atoms with Crippen LogP contribution in [-0.2, 0) is 57.5 Å². The van der Waals surface area contributed by atoms with E-state index in [2.05, 4.69) is 63.7 Å². The minimum atomic E-state index is -2.48. The number of carboxylic acid groups (broad SMARTS) is 12. The molecular weight excluding hydrogens is 2350 g/mol. The first-order valence-electron chi connectivity index (χ1n) is 33.6. The summed E-state index contributed by atoms with van der Waals surface area (Å²) in [5.74, 6) is -52.4. The quantitative estimate of drug-likeness (QED) is 0.0171. The molecule has 8 aromatic rings. The molecule has 56 heteroatoms. The maximum Gasteiger partial charge on any atom is 0.341 e. The summed E-state index contributed by atoms with van der Waals surface area (Å²) >= 11 is 14.4. The summed E-state index contributed by atoms with van der Waals surface area (Å²) in [5, 5.41) is 129. The van der Waals surface area contributed by atoms with Gasteiger partial charge in [-0.15, -0.1) is 0 Å². The molecule has 0 spiro atoms. The minimum Gasteiger partial charge on any atom is -0.479 e. The molecule has 1 aliphatic carbocycles. The molecule has 0 aromatic heterocycles. The number of aliphatic carboxylic acids is 12. The van der Waals surface area contributed by atoms with Gasteiger partial charge in [0.25, 0.3) is 0 Å². The number of carboxylic acids is 12. The molecule has 0 saturated heterocycles. The standard InChI is InChI=1S/C76H56Br4F4O36.12K/c77-61-53-49(29-1-9-33(81)10-2-29)54-62(78)56(68(112-20-40(91)92)74(118-26-46(103)104)66(54)110-18-38(87)88)51(31-5-13-35(83)14-6-31)58-64(80)60(72(116-24-44(99)100)76(120-28-48(107)108)70(58)114-22-42(95)96)52(32-7-15-36(84)16-8-32)59-63(79)57(69(113-21-41(93)94)75(119-27-47(105)106)71(59)115-23-43(97)98)50(30-3-11-34(82)12-4-30)55(61)67(111-19-39(89)90)73(117-25-45(101)102)65(53)109-17-37(85)86;;;;;;;;;;;;/h1-16,49-52H,17-28H2,(H,85,86)(H,87,88)(H,89,90)(H,91,92)(H,93,94)(H,95,96)(H,97,98)(H,99,100)(H,101,102)(H,103,104)(H,105,106)(H,107,108);;;;;;;;;;;;. The van der Waals surface area contributed by atoms with Crippen molar-refractivity contribution in [2.45, 2.75) is 23.7 Å². The van der Waals surface area contributed by atoms with Crippen LogP contribution in [0.1, 0.15) is 90.4 Å². The second-order valence-corrected chi connectivity index (χ2v) is 27.8. The normalized spacial score (nSPS) is 12.6. The first-order valence-corrected chi connectivity index (χ1v) is 36.7. The zero-order valence-electron chi connectivity index (χ0n) is 72.2. The molecule has 0 heterocycles. The van der Waals surface area contributed by atoms with Gasteiger partial charge in [-0.3, -0.25) is 0 Å². The summed E-state index contributed by atoms with van der Waals surface area (Å²) in [6, 6.07) is 13.1. The predicted molar refractivity (Wildman–Crippen MR) is 473 cm³/mol.